The lowest BCUT2D eigenvalue weighted by atomic mass is 9.94. The maximum absolute atomic E-state index is 13.2. The number of nitrogens with one attached hydrogen (secondary N) is 2. The molecule has 3 nitrogen and oxygen atoms in total. The maximum Gasteiger partial charge on any atom is 0.412 e. The first-order valence-corrected chi connectivity index (χ1v) is 7.56. The second-order valence-electron chi connectivity index (χ2n) is 5.49. The molecule has 1 heterocycles. The predicted octanol–water partition coefficient (Wildman–Crippen LogP) is 3.45. The first-order valence-electron chi connectivity index (χ1n) is 7.18. The van der Waals surface area contributed by atoms with E-state index in [0.29, 0.717) is 5.02 Å². The van der Waals surface area contributed by atoms with Crippen LogP contribution in [0.1, 0.15) is 30.9 Å². The van der Waals surface area contributed by atoms with E-state index in [1.165, 1.54) is 24.3 Å². The van der Waals surface area contributed by atoms with Crippen LogP contribution >= 0.6 is 11.6 Å². The van der Waals surface area contributed by atoms with Crippen molar-refractivity contribution in [2.75, 3.05) is 13.1 Å². The van der Waals surface area contributed by atoms with Gasteiger partial charge in [-0.25, -0.2) is 0 Å². The van der Waals surface area contributed by atoms with Gasteiger partial charge in [0.1, 0.15) is 0 Å². The third kappa shape index (κ3) is 4.88. The molecule has 22 heavy (non-hydrogen) atoms. The lowest BCUT2D eigenvalue weighted by Gasteiger charge is -2.25. The topological polar surface area (TPSA) is 41.1 Å². The average Bonchev–Trinajstić information content (AvgIpc) is 2.46. The minimum atomic E-state index is -4.54. The van der Waals surface area contributed by atoms with Crippen molar-refractivity contribution in [3.05, 3.63) is 34.9 Å². The summed E-state index contributed by atoms with van der Waals surface area (Å²) in [6.45, 7) is 1.61. The number of amides is 1. The van der Waals surface area contributed by atoms with Gasteiger partial charge in [0.05, 0.1) is 0 Å². The summed E-state index contributed by atoms with van der Waals surface area (Å²) in [5, 5.41) is 5.63. The van der Waals surface area contributed by atoms with E-state index in [1.54, 1.807) is 0 Å². The summed E-state index contributed by atoms with van der Waals surface area (Å²) >= 11 is 5.69. The molecule has 1 amide bonds. The van der Waals surface area contributed by atoms with Gasteiger partial charge in [0, 0.05) is 11.4 Å². The minimum absolute atomic E-state index is 0.0180. The summed E-state index contributed by atoms with van der Waals surface area (Å²) in [5.74, 6) is -0.426. The summed E-state index contributed by atoms with van der Waals surface area (Å²) in [5.41, 5.74) is -0.0180. The van der Waals surface area contributed by atoms with Crippen LogP contribution in [-0.4, -0.2) is 25.2 Å². The van der Waals surface area contributed by atoms with Gasteiger partial charge in [-0.1, -0.05) is 23.7 Å². The molecule has 1 atom stereocenters. The fourth-order valence-corrected chi connectivity index (χ4v) is 2.70. The Labute approximate surface area is 132 Å². The largest absolute Gasteiger partial charge is 0.412 e. The number of benzene rings is 1. The van der Waals surface area contributed by atoms with Crippen molar-refractivity contribution >= 4 is 17.5 Å². The van der Waals surface area contributed by atoms with Gasteiger partial charge >= 0.3 is 6.18 Å². The van der Waals surface area contributed by atoms with Crippen molar-refractivity contribution < 1.29 is 18.0 Å². The third-order valence-electron chi connectivity index (χ3n) is 3.77. The van der Waals surface area contributed by atoms with Crippen LogP contribution in [0.4, 0.5) is 13.2 Å². The smallest absolute Gasteiger partial charge is 0.341 e. The highest BCUT2D eigenvalue weighted by molar-refractivity contribution is 6.30. The first-order chi connectivity index (χ1) is 10.4. The van der Waals surface area contributed by atoms with E-state index < -0.39 is 18.1 Å². The Morgan fingerprint density at radius 1 is 1.27 bits per heavy atom. The molecule has 0 spiro atoms. The Balaban J connectivity index is 2.03. The molecule has 1 saturated heterocycles. The maximum atomic E-state index is 13.2. The third-order valence-corrected chi connectivity index (χ3v) is 4.02. The van der Waals surface area contributed by atoms with E-state index in [9.17, 15) is 18.0 Å². The molecule has 0 saturated carbocycles. The van der Waals surface area contributed by atoms with Crippen LogP contribution in [0.5, 0.6) is 0 Å². The Kier molecular flexibility index (Phi) is 5.69. The number of piperidine rings is 1. The molecular weight excluding hydrogens is 317 g/mol. The molecule has 0 radical (unpaired) electrons. The van der Waals surface area contributed by atoms with Crippen LogP contribution < -0.4 is 10.6 Å². The van der Waals surface area contributed by atoms with Gasteiger partial charge in [-0.05, 0) is 49.5 Å². The Hall–Kier alpha value is -1.27. The monoisotopic (exact) mass is 334 g/mol. The van der Waals surface area contributed by atoms with Crippen LogP contribution in [0.25, 0.3) is 0 Å². The number of alkyl halides is 3. The van der Waals surface area contributed by atoms with Gasteiger partial charge in [0.2, 0.25) is 5.91 Å². The summed E-state index contributed by atoms with van der Waals surface area (Å²) < 4.78 is 39.6. The minimum Gasteiger partial charge on any atom is -0.341 e. The van der Waals surface area contributed by atoms with Crippen molar-refractivity contribution in [2.24, 2.45) is 5.92 Å². The number of hydrogen-bond acceptors (Lipinski definition) is 2. The molecule has 1 fully saturated rings. The predicted molar refractivity (Wildman–Crippen MR) is 78.6 cm³/mol. The number of carbonyl (C=O) groups excluding carboxylic acids is 1. The molecule has 0 bridgehead atoms. The fourth-order valence-electron chi connectivity index (χ4n) is 2.58. The van der Waals surface area contributed by atoms with Crippen LogP contribution in [0.15, 0.2) is 24.3 Å². The van der Waals surface area contributed by atoms with Crippen molar-refractivity contribution in [2.45, 2.75) is 31.5 Å². The number of rotatable bonds is 4. The van der Waals surface area contributed by atoms with Crippen molar-refractivity contribution in [3.8, 4) is 0 Å². The van der Waals surface area contributed by atoms with E-state index in [4.69, 9.17) is 11.6 Å². The van der Waals surface area contributed by atoms with E-state index in [2.05, 4.69) is 10.6 Å². The van der Waals surface area contributed by atoms with Crippen LogP contribution in [0, 0.1) is 5.92 Å². The summed E-state index contributed by atoms with van der Waals surface area (Å²) in [7, 11) is 0. The molecule has 2 rings (SSSR count). The van der Waals surface area contributed by atoms with Crippen molar-refractivity contribution in [1.29, 1.82) is 0 Å². The average molecular weight is 335 g/mol. The van der Waals surface area contributed by atoms with Crippen LogP contribution in [0.3, 0.4) is 0 Å². The van der Waals surface area contributed by atoms with E-state index in [-0.39, 0.29) is 17.9 Å². The number of halogens is 4. The Bertz CT molecular complexity index is 499. The second-order valence-corrected chi connectivity index (χ2v) is 5.93. The fraction of sp³-hybridized carbons (Fsp3) is 0.533. The van der Waals surface area contributed by atoms with Gasteiger partial charge in [0.15, 0.2) is 6.04 Å². The van der Waals surface area contributed by atoms with E-state index >= 15 is 0 Å². The van der Waals surface area contributed by atoms with Gasteiger partial charge < -0.3 is 10.6 Å². The van der Waals surface area contributed by atoms with Crippen molar-refractivity contribution in [3.63, 3.8) is 0 Å². The van der Waals surface area contributed by atoms with Crippen LogP contribution in [-0.2, 0) is 4.79 Å². The number of hydrogen-bond donors (Lipinski definition) is 2. The SMILES string of the molecule is O=C(CC1CCNCC1)N[C@@H](c1ccc(Cl)cc1)C(F)(F)F. The molecule has 1 aromatic carbocycles. The van der Waals surface area contributed by atoms with E-state index in [0.717, 1.165) is 25.9 Å². The van der Waals surface area contributed by atoms with E-state index in [1.807, 2.05) is 0 Å². The van der Waals surface area contributed by atoms with Crippen molar-refractivity contribution in [1.82, 2.24) is 10.6 Å². The lowest BCUT2D eigenvalue weighted by Crippen LogP contribution is -2.39. The summed E-state index contributed by atoms with van der Waals surface area (Å²) in [6, 6.07) is 3.33. The molecule has 1 aliphatic heterocycles. The molecule has 0 aliphatic carbocycles. The lowest BCUT2D eigenvalue weighted by molar-refractivity contribution is -0.163. The van der Waals surface area contributed by atoms with Gasteiger partial charge in [-0.15, -0.1) is 0 Å². The molecule has 1 aromatic rings. The molecule has 7 heteroatoms. The molecular formula is C15H18ClF3N2O. The van der Waals surface area contributed by atoms with Gasteiger partial charge in [0.25, 0.3) is 0 Å². The Morgan fingerprint density at radius 3 is 2.41 bits per heavy atom. The van der Waals surface area contributed by atoms with Gasteiger partial charge in [-0.3, -0.25) is 4.79 Å². The Morgan fingerprint density at radius 2 is 1.86 bits per heavy atom. The zero-order valence-corrected chi connectivity index (χ0v) is 12.7. The standard InChI is InChI=1S/C15H18ClF3N2O/c16-12-3-1-11(2-4-12)14(15(17,18)19)21-13(22)9-10-5-7-20-8-6-10/h1-4,10,14,20H,5-9H2,(H,21,22)/t14-/m0/s1. The zero-order valence-electron chi connectivity index (χ0n) is 11.9. The molecule has 122 valence electrons. The zero-order chi connectivity index (χ0) is 16.2. The highest BCUT2D eigenvalue weighted by Crippen LogP contribution is 2.33. The van der Waals surface area contributed by atoms with Crippen LogP contribution in [0.2, 0.25) is 5.02 Å². The summed E-state index contributed by atoms with van der Waals surface area (Å²) in [4.78, 5) is 12.0. The molecule has 1 aliphatic rings. The first kappa shape index (κ1) is 17.1. The van der Waals surface area contributed by atoms with Gasteiger partial charge in [-0.2, -0.15) is 13.2 Å². The number of carbonyl (C=O) groups is 1. The normalized spacial score (nSPS) is 18.0. The molecule has 0 unspecified atom stereocenters. The molecule has 0 aromatic heterocycles. The highest BCUT2D eigenvalue weighted by atomic mass is 35.5. The molecule has 2 N–H and O–H groups in total. The highest BCUT2D eigenvalue weighted by Gasteiger charge is 2.42. The summed E-state index contributed by atoms with van der Waals surface area (Å²) in [6.07, 6.45) is -2.80. The quantitative estimate of drug-likeness (QED) is 0.885. The second kappa shape index (κ2) is 7.33.